The van der Waals surface area contributed by atoms with E-state index in [0.29, 0.717) is 5.02 Å². The van der Waals surface area contributed by atoms with Crippen LogP contribution in [0.1, 0.15) is 36.8 Å². The monoisotopic (exact) mass is 293 g/mol. The summed E-state index contributed by atoms with van der Waals surface area (Å²) < 4.78 is 11.0. The van der Waals surface area contributed by atoms with Crippen LogP contribution in [0.15, 0.2) is 34.9 Å². The number of hydrogen-bond acceptors (Lipinski definition) is 3. The molecule has 0 aliphatic carbocycles. The summed E-state index contributed by atoms with van der Waals surface area (Å²) in [6.45, 7) is 5.00. The molecule has 0 bridgehead atoms. The Morgan fingerprint density at radius 2 is 2.05 bits per heavy atom. The molecular weight excluding hydrogens is 274 g/mol. The number of hydrogen-bond donors (Lipinski definition) is 1. The molecule has 0 amide bonds. The van der Waals surface area contributed by atoms with Crippen LogP contribution in [0.3, 0.4) is 0 Å². The van der Waals surface area contributed by atoms with Crippen molar-refractivity contribution in [2.45, 2.75) is 26.3 Å². The second kappa shape index (κ2) is 6.82. The third-order valence-electron chi connectivity index (χ3n) is 3.32. The zero-order valence-corrected chi connectivity index (χ0v) is 12.8. The topological polar surface area (TPSA) is 34.4 Å². The molecule has 3 nitrogen and oxygen atoms in total. The van der Waals surface area contributed by atoms with Gasteiger partial charge in [-0.1, -0.05) is 25.4 Å². The normalized spacial score (nSPS) is 12.4. The molecule has 2 aromatic rings. The van der Waals surface area contributed by atoms with Gasteiger partial charge in [0.1, 0.15) is 11.5 Å². The van der Waals surface area contributed by atoms with Gasteiger partial charge in [0, 0.05) is 22.6 Å². The maximum Gasteiger partial charge on any atom is 0.124 e. The quantitative estimate of drug-likeness (QED) is 0.866. The van der Waals surface area contributed by atoms with E-state index in [1.165, 1.54) is 0 Å². The summed E-state index contributed by atoms with van der Waals surface area (Å²) in [4.78, 5) is 0. The molecule has 20 heavy (non-hydrogen) atoms. The van der Waals surface area contributed by atoms with Crippen LogP contribution in [0, 0.1) is 0 Å². The molecule has 1 unspecified atom stereocenters. The van der Waals surface area contributed by atoms with Crippen LogP contribution in [-0.2, 0) is 6.42 Å². The number of nitrogens with one attached hydrogen (secondary N) is 1. The van der Waals surface area contributed by atoms with Gasteiger partial charge in [-0.25, -0.2) is 0 Å². The van der Waals surface area contributed by atoms with E-state index in [1.54, 1.807) is 13.4 Å². The minimum absolute atomic E-state index is 0.0161. The highest BCUT2D eigenvalue weighted by Crippen LogP contribution is 2.34. The Bertz CT molecular complexity index is 565. The molecule has 0 radical (unpaired) electrons. The number of halogens is 1. The Hall–Kier alpha value is -1.45. The van der Waals surface area contributed by atoms with Crippen molar-refractivity contribution in [1.29, 1.82) is 0 Å². The lowest BCUT2D eigenvalue weighted by atomic mass is 9.97. The first-order valence-corrected chi connectivity index (χ1v) is 7.22. The van der Waals surface area contributed by atoms with E-state index in [1.807, 2.05) is 24.3 Å². The highest BCUT2D eigenvalue weighted by Gasteiger charge is 2.21. The number of aryl methyl sites for hydroxylation is 1. The lowest BCUT2D eigenvalue weighted by molar-refractivity contribution is 0.403. The molecule has 0 aliphatic rings. The van der Waals surface area contributed by atoms with Gasteiger partial charge in [0.05, 0.1) is 19.4 Å². The van der Waals surface area contributed by atoms with Gasteiger partial charge in [0.25, 0.3) is 0 Å². The van der Waals surface area contributed by atoms with Gasteiger partial charge in [0.15, 0.2) is 0 Å². The fourth-order valence-corrected chi connectivity index (χ4v) is 2.60. The predicted molar refractivity (Wildman–Crippen MR) is 81.6 cm³/mol. The number of benzene rings is 1. The second-order valence-electron chi connectivity index (χ2n) is 4.53. The highest BCUT2D eigenvalue weighted by molar-refractivity contribution is 6.30. The van der Waals surface area contributed by atoms with Crippen molar-refractivity contribution in [3.05, 3.63) is 52.4 Å². The summed E-state index contributed by atoms with van der Waals surface area (Å²) in [5.41, 5.74) is 2.16. The third kappa shape index (κ3) is 3.00. The third-order valence-corrected chi connectivity index (χ3v) is 3.56. The molecule has 1 aromatic heterocycles. The molecule has 0 saturated heterocycles. The van der Waals surface area contributed by atoms with Crippen molar-refractivity contribution in [3.8, 4) is 5.75 Å². The SMILES string of the molecule is CCNC(c1cc(Cl)ccc1OC)c1ccoc1CC. The largest absolute Gasteiger partial charge is 0.496 e. The van der Waals surface area contributed by atoms with Crippen molar-refractivity contribution < 1.29 is 9.15 Å². The summed E-state index contributed by atoms with van der Waals surface area (Å²) in [6.07, 6.45) is 2.59. The number of ether oxygens (including phenoxy) is 1. The lowest BCUT2D eigenvalue weighted by Crippen LogP contribution is -2.23. The summed E-state index contributed by atoms with van der Waals surface area (Å²) in [5, 5.41) is 4.18. The lowest BCUT2D eigenvalue weighted by Gasteiger charge is -2.21. The van der Waals surface area contributed by atoms with Gasteiger partial charge < -0.3 is 14.5 Å². The Morgan fingerprint density at radius 1 is 1.25 bits per heavy atom. The first-order valence-electron chi connectivity index (χ1n) is 6.84. The van der Waals surface area contributed by atoms with E-state index in [-0.39, 0.29) is 6.04 Å². The fraction of sp³-hybridized carbons (Fsp3) is 0.375. The van der Waals surface area contributed by atoms with E-state index >= 15 is 0 Å². The van der Waals surface area contributed by atoms with Crippen LogP contribution in [0.5, 0.6) is 5.75 Å². The predicted octanol–water partition coefficient (Wildman–Crippen LogP) is 4.20. The van der Waals surface area contributed by atoms with Crippen LogP contribution >= 0.6 is 11.6 Å². The molecule has 4 heteroatoms. The molecule has 0 aliphatic heterocycles. The minimum Gasteiger partial charge on any atom is -0.496 e. The Labute approximate surface area is 124 Å². The van der Waals surface area contributed by atoms with Crippen LogP contribution < -0.4 is 10.1 Å². The standard InChI is InChI=1S/C16H20ClNO2/c1-4-14-12(8-9-20-14)16(18-5-2)13-10-11(17)6-7-15(13)19-3/h6-10,16,18H,4-5H2,1-3H3. The van der Waals surface area contributed by atoms with Gasteiger partial charge in [-0.15, -0.1) is 0 Å². The maximum atomic E-state index is 6.15. The van der Waals surface area contributed by atoms with E-state index in [9.17, 15) is 0 Å². The van der Waals surface area contributed by atoms with Gasteiger partial charge in [-0.3, -0.25) is 0 Å². The second-order valence-corrected chi connectivity index (χ2v) is 4.97. The van der Waals surface area contributed by atoms with E-state index in [0.717, 1.165) is 35.6 Å². The van der Waals surface area contributed by atoms with Gasteiger partial charge in [-0.05, 0) is 30.8 Å². The molecule has 1 N–H and O–H groups in total. The molecule has 0 fully saturated rings. The maximum absolute atomic E-state index is 6.15. The smallest absolute Gasteiger partial charge is 0.124 e. The minimum atomic E-state index is 0.0161. The zero-order valence-electron chi connectivity index (χ0n) is 12.1. The van der Waals surface area contributed by atoms with Crippen LogP contribution in [0.2, 0.25) is 5.02 Å². The Kier molecular flexibility index (Phi) is 5.10. The number of furan rings is 1. The van der Waals surface area contributed by atoms with Crippen molar-refractivity contribution in [2.24, 2.45) is 0 Å². The summed E-state index contributed by atoms with van der Waals surface area (Å²) in [7, 11) is 1.67. The molecule has 1 heterocycles. The van der Waals surface area contributed by atoms with Crippen LogP contribution in [-0.4, -0.2) is 13.7 Å². The van der Waals surface area contributed by atoms with Crippen molar-refractivity contribution in [1.82, 2.24) is 5.32 Å². The average Bonchev–Trinajstić information content (AvgIpc) is 2.93. The number of methoxy groups -OCH3 is 1. The van der Waals surface area contributed by atoms with Gasteiger partial charge in [0.2, 0.25) is 0 Å². The van der Waals surface area contributed by atoms with Crippen molar-refractivity contribution in [3.63, 3.8) is 0 Å². The highest BCUT2D eigenvalue weighted by atomic mass is 35.5. The molecule has 2 rings (SSSR count). The zero-order chi connectivity index (χ0) is 14.5. The molecular formula is C16H20ClNO2. The Balaban J connectivity index is 2.50. The van der Waals surface area contributed by atoms with Crippen molar-refractivity contribution >= 4 is 11.6 Å². The Morgan fingerprint density at radius 3 is 2.70 bits per heavy atom. The molecule has 0 spiro atoms. The summed E-state index contributed by atoms with van der Waals surface area (Å²) in [6, 6.07) is 7.70. The van der Waals surface area contributed by atoms with Gasteiger partial charge >= 0.3 is 0 Å². The van der Waals surface area contributed by atoms with E-state index in [2.05, 4.69) is 19.2 Å². The molecule has 1 atom stereocenters. The fourth-order valence-electron chi connectivity index (χ4n) is 2.42. The molecule has 0 saturated carbocycles. The first-order chi connectivity index (χ1) is 9.71. The van der Waals surface area contributed by atoms with E-state index < -0.39 is 0 Å². The van der Waals surface area contributed by atoms with Crippen molar-refractivity contribution in [2.75, 3.05) is 13.7 Å². The van der Waals surface area contributed by atoms with Gasteiger partial charge in [-0.2, -0.15) is 0 Å². The van der Waals surface area contributed by atoms with Crippen LogP contribution in [0.4, 0.5) is 0 Å². The summed E-state index contributed by atoms with van der Waals surface area (Å²) in [5.74, 6) is 1.81. The summed E-state index contributed by atoms with van der Waals surface area (Å²) >= 11 is 6.15. The number of rotatable bonds is 6. The average molecular weight is 294 g/mol. The van der Waals surface area contributed by atoms with Crippen LogP contribution in [0.25, 0.3) is 0 Å². The first kappa shape index (κ1) is 14.9. The van der Waals surface area contributed by atoms with E-state index in [4.69, 9.17) is 20.8 Å². The molecule has 108 valence electrons. The molecule has 1 aromatic carbocycles.